The van der Waals surface area contributed by atoms with Gasteiger partial charge in [0.2, 0.25) is 17.8 Å². The zero-order valence-electron chi connectivity index (χ0n) is 18.7. The van der Waals surface area contributed by atoms with Crippen molar-refractivity contribution in [3.63, 3.8) is 0 Å². The average Bonchev–Trinajstić information content (AvgIpc) is 2.83. The number of anilines is 4. The first-order valence-electron chi connectivity index (χ1n) is 10.5. The van der Waals surface area contributed by atoms with Gasteiger partial charge in [0.05, 0.1) is 28.8 Å². The molecule has 3 aromatic rings. The first kappa shape index (κ1) is 23.5. The number of morpholine rings is 1. The van der Waals surface area contributed by atoms with E-state index in [9.17, 15) is 10.1 Å². The Balaban J connectivity index is 1.60. The van der Waals surface area contributed by atoms with Crippen LogP contribution in [0.5, 0.6) is 0 Å². The molecule has 0 unspecified atom stereocenters. The van der Waals surface area contributed by atoms with Crippen LogP contribution in [0.25, 0.3) is 0 Å². The smallest absolute Gasteiger partial charge is 0.284 e. The average molecular weight is 527 g/mol. The summed E-state index contributed by atoms with van der Waals surface area (Å²) in [5.41, 5.74) is 6.40. The molecule has 2 aromatic carbocycles. The van der Waals surface area contributed by atoms with Gasteiger partial charge < -0.3 is 15.0 Å². The van der Waals surface area contributed by atoms with Crippen molar-refractivity contribution in [2.75, 3.05) is 41.9 Å². The van der Waals surface area contributed by atoms with E-state index in [4.69, 9.17) is 4.74 Å². The maximum Gasteiger partial charge on any atom is 0.284 e. The molecule has 11 nitrogen and oxygen atoms in total. The SMILES string of the molecule is Cc1ccc(C)c(Nc2nc(NN=Cc3ccc(Br)c([N+](=O)[O-])c3)nc(N3CCOCC3)n2)c1. The lowest BCUT2D eigenvalue weighted by Gasteiger charge is -2.27. The summed E-state index contributed by atoms with van der Waals surface area (Å²) in [7, 11) is 0. The van der Waals surface area contributed by atoms with Crippen molar-refractivity contribution in [2.24, 2.45) is 5.10 Å². The predicted molar refractivity (Wildman–Crippen MR) is 134 cm³/mol. The van der Waals surface area contributed by atoms with E-state index in [-0.39, 0.29) is 11.6 Å². The van der Waals surface area contributed by atoms with Crippen LogP contribution in [0.1, 0.15) is 16.7 Å². The minimum absolute atomic E-state index is 0.0428. The van der Waals surface area contributed by atoms with Gasteiger partial charge in [-0.15, -0.1) is 0 Å². The van der Waals surface area contributed by atoms with Crippen LogP contribution in [0.3, 0.4) is 0 Å². The fraction of sp³-hybridized carbons (Fsp3) is 0.273. The summed E-state index contributed by atoms with van der Waals surface area (Å²) < 4.78 is 5.84. The molecule has 0 saturated carbocycles. The van der Waals surface area contributed by atoms with Crippen molar-refractivity contribution in [1.82, 2.24) is 15.0 Å². The summed E-state index contributed by atoms with van der Waals surface area (Å²) >= 11 is 3.18. The number of nitro benzene ring substituents is 1. The van der Waals surface area contributed by atoms with E-state index >= 15 is 0 Å². The van der Waals surface area contributed by atoms with Gasteiger partial charge in [0, 0.05) is 30.4 Å². The van der Waals surface area contributed by atoms with E-state index in [0.29, 0.717) is 48.2 Å². The highest BCUT2D eigenvalue weighted by Gasteiger charge is 2.17. The molecule has 1 fully saturated rings. The number of hydrazone groups is 1. The summed E-state index contributed by atoms with van der Waals surface area (Å²) in [4.78, 5) is 26.3. The number of nitro groups is 1. The Morgan fingerprint density at radius 2 is 1.88 bits per heavy atom. The van der Waals surface area contributed by atoms with E-state index in [1.165, 1.54) is 12.3 Å². The second-order valence-corrected chi connectivity index (χ2v) is 8.52. The van der Waals surface area contributed by atoms with E-state index in [1.54, 1.807) is 12.1 Å². The minimum Gasteiger partial charge on any atom is -0.378 e. The Kier molecular flexibility index (Phi) is 7.28. The van der Waals surface area contributed by atoms with Gasteiger partial charge in [0.15, 0.2) is 0 Å². The molecular formula is C22H23BrN8O3. The summed E-state index contributed by atoms with van der Waals surface area (Å²) in [6.07, 6.45) is 1.47. The van der Waals surface area contributed by atoms with Crippen LogP contribution in [-0.4, -0.2) is 52.4 Å². The minimum atomic E-state index is -0.458. The fourth-order valence-electron chi connectivity index (χ4n) is 3.28. The summed E-state index contributed by atoms with van der Waals surface area (Å²) in [6.45, 7) is 6.54. The Labute approximate surface area is 204 Å². The predicted octanol–water partition coefficient (Wildman–Crippen LogP) is 4.19. The monoisotopic (exact) mass is 526 g/mol. The Bertz CT molecular complexity index is 1230. The summed E-state index contributed by atoms with van der Waals surface area (Å²) in [6, 6.07) is 10.8. The molecule has 2 heterocycles. The van der Waals surface area contributed by atoms with Gasteiger partial charge in [0.1, 0.15) is 0 Å². The molecule has 1 aliphatic heterocycles. The van der Waals surface area contributed by atoms with Gasteiger partial charge in [-0.05, 0) is 53.0 Å². The molecule has 0 bridgehead atoms. The third-order valence-electron chi connectivity index (χ3n) is 5.10. The van der Waals surface area contributed by atoms with Crippen molar-refractivity contribution in [3.8, 4) is 0 Å². The lowest BCUT2D eigenvalue weighted by Crippen LogP contribution is -2.37. The lowest BCUT2D eigenvalue weighted by atomic mass is 10.1. The van der Waals surface area contributed by atoms with Crippen molar-refractivity contribution in [3.05, 3.63) is 67.7 Å². The number of rotatable bonds is 7. The maximum atomic E-state index is 11.2. The third kappa shape index (κ3) is 5.83. The molecule has 0 aliphatic carbocycles. The number of aryl methyl sites for hydroxylation is 2. The molecule has 176 valence electrons. The van der Waals surface area contributed by atoms with E-state index < -0.39 is 4.92 Å². The van der Waals surface area contributed by atoms with Crippen LogP contribution >= 0.6 is 15.9 Å². The van der Waals surface area contributed by atoms with Crippen LogP contribution in [0.2, 0.25) is 0 Å². The number of nitrogens with one attached hydrogen (secondary N) is 2. The molecule has 1 saturated heterocycles. The Morgan fingerprint density at radius 1 is 1.12 bits per heavy atom. The van der Waals surface area contributed by atoms with Gasteiger partial charge in [-0.2, -0.15) is 20.1 Å². The van der Waals surface area contributed by atoms with Gasteiger partial charge >= 0.3 is 0 Å². The second-order valence-electron chi connectivity index (χ2n) is 7.66. The number of aromatic nitrogens is 3. The fourth-order valence-corrected chi connectivity index (χ4v) is 3.67. The topological polar surface area (TPSA) is 131 Å². The normalized spacial score (nSPS) is 13.8. The van der Waals surface area contributed by atoms with Crippen LogP contribution in [0.15, 0.2) is 46.0 Å². The van der Waals surface area contributed by atoms with Crippen molar-refractivity contribution in [2.45, 2.75) is 13.8 Å². The number of benzene rings is 2. The van der Waals surface area contributed by atoms with Crippen molar-refractivity contribution >= 4 is 51.4 Å². The molecule has 34 heavy (non-hydrogen) atoms. The second kappa shape index (κ2) is 10.5. The van der Waals surface area contributed by atoms with Crippen LogP contribution in [-0.2, 0) is 4.74 Å². The van der Waals surface area contributed by atoms with E-state index in [1.807, 2.05) is 36.9 Å². The number of hydrogen-bond donors (Lipinski definition) is 2. The Morgan fingerprint density at radius 3 is 2.65 bits per heavy atom. The largest absolute Gasteiger partial charge is 0.378 e. The van der Waals surface area contributed by atoms with Crippen molar-refractivity contribution < 1.29 is 9.66 Å². The Hall–Kier alpha value is -3.64. The third-order valence-corrected chi connectivity index (χ3v) is 5.77. The van der Waals surface area contributed by atoms with Gasteiger partial charge in [0.25, 0.3) is 5.69 Å². The van der Waals surface area contributed by atoms with Crippen molar-refractivity contribution in [1.29, 1.82) is 0 Å². The molecule has 4 rings (SSSR count). The highest BCUT2D eigenvalue weighted by atomic mass is 79.9. The molecule has 0 spiro atoms. The molecule has 2 N–H and O–H groups in total. The molecule has 0 atom stereocenters. The summed E-state index contributed by atoms with van der Waals surface area (Å²) in [5, 5.41) is 18.6. The van der Waals surface area contributed by atoms with E-state index in [0.717, 1.165) is 16.8 Å². The first-order chi connectivity index (χ1) is 16.4. The van der Waals surface area contributed by atoms with Gasteiger partial charge in [-0.1, -0.05) is 18.2 Å². The highest BCUT2D eigenvalue weighted by molar-refractivity contribution is 9.10. The molecular weight excluding hydrogens is 504 g/mol. The number of ether oxygens (including phenoxy) is 1. The van der Waals surface area contributed by atoms with Crippen LogP contribution in [0.4, 0.5) is 29.2 Å². The van der Waals surface area contributed by atoms with Gasteiger partial charge in [-0.3, -0.25) is 10.1 Å². The zero-order chi connectivity index (χ0) is 24.1. The standard InChI is InChI=1S/C22H23BrN8O3/c1-14-3-4-15(2)18(11-14)25-20-26-21(28-22(27-20)30-7-9-34-10-8-30)29-24-13-16-5-6-17(23)19(12-16)31(32)33/h3-6,11-13H,7-10H2,1-2H3,(H2,25,26,27,28,29). The van der Waals surface area contributed by atoms with Crippen LogP contribution in [0, 0.1) is 24.0 Å². The van der Waals surface area contributed by atoms with Crippen LogP contribution < -0.4 is 15.6 Å². The van der Waals surface area contributed by atoms with E-state index in [2.05, 4.69) is 46.7 Å². The summed E-state index contributed by atoms with van der Waals surface area (Å²) in [5.74, 6) is 1.12. The lowest BCUT2D eigenvalue weighted by molar-refractivity contribution is -0.385. The van der Waals surface area contributed by atoms with Gasteiger partial charge in [-0.25, -0.2) is 5.43 Å². The molecule has 1 aromatic heterocycles. The molecule has 1 aliphatic rings. The molecule has 12 heteroatoms. The number of nitrogens with zero attached hydrogens (tertiary/aromatic N) is 6. The number of halogens is 1. The quantitative estimate of drug-likeness (QED) is 0.264. The number of hydrogen-bond acceptors (Lipinski definition) is 10. The highest BCUT2D eigenvalue weighted by Crippen LogP contribution is 2.25. The zero-order valence-corrected chi connectivity index (χ0v) is 20.2. The molecule has 0 radical (unpaired) electrons. The maximum absolute atomic E-state index is 11.2. The molecule has 0 amide bonds. The first-order valence-corrected chi connectivity index (χ1v) is 11.3.